The minimum atomic E-state index is -0.404. The Labute approximate surface area is 154 Å². The summed E-state index contributed by atoms with van der Waals surface area (Å²) in [7, 11) is 0. The molecular weight excluding hydrogens is 348 g/mol. The lowest BCUT2D eigenvalue weighted by Gasteiger charge is -2.11. The van der Waals surface area contributed by atoms with Crippen molar-refractivity contribution in [2.24, 2.45) is 0 Å². The zero-order valence-electron chi connectivity index (χ0n) is 14.4. The molecule has 1 aromatic carbocycles. The molecule has 0 spiro atoms. The lowest BCUT2D eigenvalue weighted by atomic mass is 10.0. The average molecular weight is 364 g/mol. The van der Waals surface area contributed by atoms with Crippen LogP contribution < -0.4 is 0 Å². The standard InChI is InChI=1S/C20H16N2O3S/c1-12-15-6-3-4-7-16(15)21-13(2)18(12)20(23)25-11-14-10-24-19(22-14)17-8-5-9-26-17/h3-10H,11H2,1-2H3. The molecule has 6 heteroatoms. The number of hydrogen-bond acceptors (Lipinski definition) is 6. The summed E-state index contributed by atoms with van der Waals surface area (Å²) in [5.41, 5.74) is 3.48. The second kappa shape index (κ2) is 6.72. The lowest BCUT2D eigenvalue weighted by Crippen LogP contribution is -2.11. The van der Waals surface area contributed by atoms with Crippen LogP contribution in [0, 0.1) is 13.8 Å². The fourth-order valence-corrected chi connectivity index (χ4v) is 3.59. The van der Waals surface area contributed by atoms with Crippen LogP contribution in [0.15, 0.2) is 52.5 Å². The van der Waals surface area contributed by atoms with E-state index in [-0.39, 0.29) is 6.61 Å². The van der Waals surface area contributed by atoms with Crippen LogP contribution >= 0.6 is 11.3 Å². The summed E-state index contributed by atoms with van der Waals surface area (Å²) in [6.07, 6.45) is 1.51. The molecule has 0 aliphatic carbocycles. The number of carbonyl (C=O) groups excluding carboxylic acids is 1. The number of nitrogens with zero attached hydrogens (tertiary/aromatic N) is 2. The Bertz CT molecular complexity index is 1080. The van der Waals surface area contributed by atoms with Gasteiger partial charge in [0.1, 0.15) is 18.6 Å². The first-order valence-electron chi connectivity index (χ1n) is 8.15. The van der Waals surface area contributed by atoms with Gasteiger partial charge >= 0.3 is 5.97 Å². The molecule has 26 heavy (non-hydrogen) atoms. The number of rotatable bonds is 4. The smallest absolute Gasteiger partial charge is 0.340 e. The number of fused-ring (bicyclic) bond motifs is 1. The Morgan fingerprint density at radius 2 is 2.00 bits per heavy atom. The van der Waals surface area contributed by atoms with Gasteiger partial charge in [-0.15, -0.1) is 11.3 Å². The number of para-hydroxylation sites is 1. The first kappa shape index (κ1) is 16.5. The van der Waals surface area contributed by atoms with Gasteiger partial charge < -0.3 is 9.15 Å². The molecule has 0 aliphatic rings. The normalized spacial score (nSPS) is 11.0. The lowest BCUT2D eigenvalue weighted by molar-refractivity contribution is 0.0465. The van der Waals surface area contributed by atoms with Crippen molar-refractivity contribution >= 4 is 28.2 Å². The number of benzene rings is 1. The topological polar surface area (TPSA) is 65.2 Å². The van der Waals surface area contributed by atoms with Crippen LogP contribution in [0.1, 0.15) is 27.3 Å². The Morgan fingerprint density at radius 1 is 1.15 bits per heavy atom. The Morgan fingerprint density at radius 3 is 2.81 bits per heavy atom. The van der Waals surface area contributed by atoms with E-state index in [0.717, 1.165) is 21.3 Å². The highest BCUT2D eigenvalue weighted by Crippen LogP contribution is 2.25. The van der Waals surface area contributed by atoms with E-state index in [4.69, 9.17) is 9.15 Å². The molecule has 5 nitrogen and oxygen atoms in total. The maximum atomic E-state index is 12.6. The van der Waals surface area contributed by atoms with Gasteiger partial charge in [0.05, 0.1) is 21.7 Å². The second-order valence-electron chi connectivity index (χ2n) is 5.91. The first-order chi connectivity index (χ1) is 12.6. The van der Waals surface area contributed by atoms with Crippen molar-refractivity contribution in [1.82, 2.24) is 9.97 Å². The van der Waals surface area contributed by atoms with Crippen LogP contribution in [0.3, 0.4) is 0 Å². The molecule has 0 atom stereocenters. The van der Waals surface area contributed by atoms with E-state index in [1.165, 1.54) is 6.26 Å². The first-order valence-corrected chi connectivity index (χ1v) is 9.03. The van der Waals surface area contributed by atoms with Crippen LogP contribution in [0.25, 0.3) is 21.7 Å². The summed E-state index contributed by atoms with van der Waals surface area (Å²) >= 11 is 1.54. The van der Waals surface area contributed by atoms with Crippen LogP contribution in [0.4, 0.5) is 0 Å². The summed E-state index contributed by atoms with van der Waals surface area (Å²) in [4.78, 5) is 22.4. The van der Waals surface area contributed by atoms with Crippen molar-refractivity contribution in [3.8, 4) is 10.8 Å². The maximum Gasteiger partial charge on any atom is 0.340 e. The number of aryl methyl sites for hydroxylation is 2. The van der Waals surface area contributed by atoms with Gasteiger partial charge in [-0.2, -0.15) is 0 Å². The van der Waals surface area contributed by atoms with Crippen LogP contribution in [-0.4, -0.2) is 15.9 Å². The molecule has 130 valence electrons. The number of hydrogen-bond donors (Lipinski definition) is 0. The Kier molecular flexibility index (Phi) is 4.26. The number of pyridine rings is 1. The summed E-state index contributed by atoms with van der Waals surface area (Å²) in [6.45, 7) is 3.79. The van der Waals surface area contributed by atoms with Crippen LogP contribution in [0.2, 0.25) is 0 Å². The predicted octanol–water partition coefficient (Wildman–Crippen LogP) is 4.93. The van der Waals surface area contributed by atoms with Crippen molar-refractivity contribution in [2.75, 3.05) is 0 Å². The fraction of sp³-hybridized carbons (Fsp3) is 0.150. The third-order valence-electron chi connectivity index (χ3n) is 4.17. The van der Waals surface area contributed by atoms with Gasteiger partial charge in [0, 0.05) is 5.39 Å². The van der Waals surface area contributed by atoms with E-state index >= 15 is 0 Å². The number of aromatic nitrogens is 2. The Balaban J connectivity index is 1.55. The number of ether oxygens (including phenoxy) is 1. The summed E-state index contributed by atoms with van der Waals surface area (Å²) < 4.78 is 10.9. The molecule has 4 aromatic rings. The minimum Gasteiger partial charge on any atom is -0.455 e. The van der Waals surface area contributed by atoms with Gasteiger partial charge in [0.15, 0.2) is 0 Å². The third kappa shape index (κ3) is 2.99. The molecule has 0 N–H and O–H groups in total. The highest BCUT2D eigenvalue weighted by molar-refractivity contribution is 7.13. The third-order valence-corrected chi connectivity index (χ3v) is 5.03. The SMILES string of the molecule is Cc1nc2ccccc2c(C)c1C(=O)OCc1coc(-c2cccs2)n1. The molecule has 0 amide bonds. The molecule has 3 aromatic heterocycles. The Hall–Kier alpha value is -2.99. The van der Waals surface area contributed by atoms with E-state index in [1.54, 1.807) is 11.3 Å². The molecule has 0 radical (unpaired) electrons. The van der Waals surface area contributed by atoms with Gasteiger partial charge in [-0.1, -0.05) is 24.3 Å². The number of oxazole rings is 1. The van der Waals surface area contributed by atoms with Crippen molar-refractivity contribution < 1.29 is 13.9 Å². The van der Waals surface area contributed by atoms with E-state index in [2.05, 4.69) is 9.97 Å². The largest absolute Gasteiger partial charge is 0.455 e. The fourth-order valence-electron chi connectivity index (χ4n) is 2.93. The van der Waals surface area contributed by atoms with E-state index in [9.17, 15) is 4.79 Å². The molecule has 0 saturated heterocycles. The average Bonchev–Trinajstić information content (AvgIpc) is 3.31. The predicted molar refractivity (Wildman–Crippen MR) is 100 cm³/mol. The van der Waals surface area contributed by atoms with E-state index < -0.39 is 5.97 Å². The van der Waals surface area contributed by atoms with Crippen molar-refractivity contribution in [2.45, 2.75) is 20.5 Å². The molecule has 0 saturated carbocycles. The summed E-state index contributed by atoms with van der Waals surface area (Å²) in [5, 5.41) is 2.91. The van der Waals surface area contributed by atoms with Crippen LogP contribution in [-0.2, 0) is 11.3 Å². The van der Waals surface area contributed by atoms with E-state index in [1.807, 2.05) is 55.6 Å². The van der Waals surface area contributed by atoms with Gasteiger partial charge in [-0.05, 0) is 36.9 Å². The van der Waals surface area contributed by atoms with Gasteiger partial charge in [0.2, 0.25) is 5.89 Å². The highest BCUT2D eigenvalue weighted by Gasteiger charge is 2.18. The van der Waals surface area contributed by atoms with Crippen molar-refractivity contribution in [1.29, 1.82) is 0 Å². The quantitative estimate of drug-likeness (QED) is 0.481. The van der Waals surface area contributed by atoms with E-state index in [0.29, 0.717) is 22.8 Å². The highest BCUT2D eigenvalue weighted by atomic mass is 32.1. The molecule has 0 unspecified atom stereocenters. The maximum absolute atomic E-state index is 12.6. The summed E-state index contributed by atoms with van der Waals surface area (Å²) in [5.74, 6) is 0.129. The molecule has 0 aliphatic heterocycles. The number of esters is 1. The number of carbonyl (C=O) groups is 1. The number of thiophene rings is 1. The zero-order chi connectivity index (χ0) is 18.1. The van der Waals surface area contributed by atoms with Gasteiger partial charge in [-0.3, -0.25) is 4.98 Å². The van der Waals surface area contributed by atoms with Gasteiger partial charge in [0.25, 0.3) is 0 Å². The monoisotopic (exact) mass is 364 g/mol. The van der Waals surface area contributed by atoms with Crippen molar-refractivity contribution in [3.63, 3.8) is 0 Å². The zero-order valence-corrected chi connectivity index (χ0v) is 15.2. The second-order valence-corrected chi connectivity index (χ2v) is 6.86. The van der Waals surface area contributed by atoms with Crippen molar-refractivity contribution in [3.05, 3.63) is 70.6 Å². The summed E-state index contributed by atoms with van der Waals surface area (Å²) in [6, 6.07) is 11.6. The molecule has 0 bridgehead atoms. The molecule has 3 heterocycles. The van der Waals surface area contributed by atoms with Crippen LogP contribution in [0.5, 0.6) is 0 Å². The molecule has 4 rings (SSSR count). The molecule has 0 fully saturated rings. The van der Waals surface area contributed by atoms with Gasteiger partial charge in [-0.25, -0.2) is 9.78 Å². The molecular formula is C20H16N2O3S. The minimum absolute atomic E-state index is 0.0550.